The highest BCUT2D eigenvalue weighted by Gasteiger charge is 2.32. The van der Waals surface area contributed by atoms with E-state index in [4.69, 9.17) is 4.74 Å². The topological polar surface area (TPSA) is 18.5 Å². The third kappa shape index (κ3) is 4.17. The van der Waals surface area contributed by atoms with Gasteiger partial charge in [0.1, 0.15) is 0 Å². The van der Waals surface area contributed by atoms with Gasteiger partial charge in [0.2, 0.25) is 0 Å². The second-order valence-corrected chi connectivity index (χ2v) is 3.59. The second kappa shape index (κ2) is 5.29. The normalized spacial score (nSPS) is 11.7. The van der Waals surface area contributed by atoms with Gasteiger partial charge in [-0.1, -0.05) is 13.0 Å². The smallest absolute Gasteiger partial charge is 0.490 e. The van der Waals surface area contributed by atoms with E-state index in [1.807, 2.05) is 6.92 Å². The average molecular weight is 247 g/mol. The lowest BCUT2D eigenvalue weighted by atomic mass is 10.0. The molecule has 5 heteroatoms. The number of alkyl halides is 3. The molecule has 0 saturated heterocycles. The maximum atomic E-state index is 12.1. The van der Waals surface area contributed by atoms with Crippen LogP contribution >= 0.6 is 0 Å². The number of ether oxygens (including phenoxy) is 2. The summed E-state index contributed by atoms with van der Waals surface area (Å²) in [6.07, 6.45) is -4.72. The molecule has 0 fully saturated rings. The molecule has 0 saturated carbocycles. The van der Waals surface area contributed by atoms with Crippen LogP contribution in [0.1, 0.15) is 25.3 Å². The molecule has 17 heavy (non-hydrogen) atoms. The van der Waals surface area contributed by atoms with Gasteiger partial charge in [0.25, 0.3) is 0 Å². The minimum absolute atomic E-state index is 0.0332. The average Bonchev–Trinajstić information content (AvgIpc) is 2.18. The third-order valence-corrected chi connectivity index (χ3v) is 2.06. The van der Waals surface area contributed by atoms with E-state index in [9.17, 15) is 13.2 Å². The highest BCUT2D eigenvalue weighted by Crippen LogP contribution is 2.34. The van der Waals surface area contributed by atoms with E-state index in [1.165, 1.54) is 12.1 Å². The molecule has 0 heterocycles. The van der Waals surface area contributed by atoms with Crippen LogP contribution in [-0.2, 0) is 0 Å². The molecule has 0 amide bonds. The molecule has 1 aromatic rings. The SMILES string of the molecule is [CH2]C(C)c1ccc(OC(F)(F)F)c(OCC)c1. The molecule has 1 rings (SSSR count). The van der Waals surface area contributed by atoms with Crippen LogP contribution in [0.15, 0.2) is 18.2 Å². The summed E-state index contributed by atoms with van der Waals surface area (Å²) in [5.74, 6) is -0.282. The van der Waals surface area contributed by atoms with Crippen LogP contribution < -0.4 is 9.47 Å². The first kappa shape index (κ1) is 13.7. The van der Waals surface area contributed by atoms with E-state index in [2.05, 4.69) is 11.7 Å². The molecule has 0 aromatic heterocycles. The van der Waals surface area contributed by atoms with E-state index < -0.39 is 6.36 Å². The van der Waals surface area contributed by atoms with Gasteiger partial charge in [-0.2, -0.15) is 0 Å². The number of rotatable bonds is 4. The van der Waals surface area contributed by atoms with Crippen LogP contribution in [0.5, 0.6) is 11.5 Å². The molecule has 1 atom stereocenters. The summed E-state index contributed by atoms with van der Waals surface area (Å²) < 4.78 is 45.4. The molecule has 0 aliphatic carbocycles. The van der Waals surface area contributed by atoms with Crippen molar-refractivity contribution in [1.82, 2.24) is 0 Å². The quantitative estimate of drug-likeness (QED) is 0.802. The summed E-state index contributed by atoms with van der Waals surface area (Å²) in [6.45, 7) is 7.60. The van der Waals surface area contributed by atoms with Crippen molar-refractivity contribution >= 4 is 0 Å². The molecular formula is C12H14F3O2. The predicted octanol–water partition coefficient (Wildman–Crippen LogP) is 3.92. The van der Waals surface area contributed by atoms with Gasteiger partial charge in [0.15, 0.2) is 11.5 Å². The van der Waals surface area contributed by atoms with Crippen molar-refractivity contribution in [3.63, 3.8) is 0 Å². The van der Waals surface area contributed by atoms with Gasteiger partial charge in [0, 0.05) is 0 Å². The first-order valence-corrected chi connectivity index (χ1v) is 5.19. The van der Waals surface area contributed by atoms with Crippen LogP contribution in [0.4, 0.5) is 13.2 Å². The Morgan fingerprint density at radius 2 is 1.94 bits per heavy atom. The van der Waals surface area contributed by atoms with Crippen LogP contribution in [0.25, 0.3) is 0 Å². The maximum Gasteiger partial charge on any atom is 0.573 e. The van der Waals surface area contributed by atoms with Crippen molar-refractivity contribution in [2.45, 2.75) is 26.1 Å². The maximum absolute atomic E-state index is 12.1. The van der Waals surface area contributed by atoms with Gasteiger partial charge < -0.3 is 9.47 Å². The molecular weight excluding hydrogens is 233 g/mol. The number of hydrogen-bond acceptors (Lipinski definition) is 2. The lowest BCUT2D eigenvalue weighted by Crippen LogP contribution is -2.17. The zero-order chi connectivity index (χ0) is 13.1. The third-order valence-electron chi connectivity index (χ3n) is 2.06. The van der Waals surface area contributed by atoms with E-state index in [0.717, 1.165) is 5.56 Å². The Balaban J connectivity index is 3.04. The molecule has 1 aromatic carbocycles. The van der Waals surface area contributed by atoms with Crippen molar-refractivity contribution < 1.29 is 22.6 Å². The molecule has 95 valence electrons. The Labute approximate surface area is 98.3 Å². The van der Waals surface area contributed by atoms with Gasteiger partial charge in [0.05, 0.1) is 6.61 Å². The van der Waals surface area contributed by atoms with E-state index >= 15 is 0 Å². The zero-order valence-corrected chi connectivity index (χ0v) is 9.67. The van der Waals surface area contributed by atoms with E-state index in [1.54, 1.807) is 13.0 Å². The Hall–Kier alpha value is -1.39. The van der Waals surface area contributed by atoms with Crippen molar-refractivity contribution in [2.75, 3.05) is 6.61 Å². The molecule has 0 aliphatic heterocycles. The fraction of sp³-hybridized carbons (Fsp3) is 0.417. The van der Waals surface area contributed by atoms with Gasteiger partial charge >= 0.3 is 6.36 Å². The lowest BCUT2D eigenvalue weighted by molar-refractivity contribution is -0.275. The lowest BCUT2D eigenvalue weighted by Gasteiger charge is -2.15. The van der Waals surface area contributed by atoms with Crippen molar-refractivity contribution in [2.24, 2.45) is 0 Å². The van der Waals surface area contributed by atoms with Crippen LogP contribution in [-0.4, -0.2) is 13.0 Å². The molecule has 0 spiro atoms. The van der Waals surface area contributed by atoms with E-state index in [-0.39, 0.29) is 24.0 Å². The first-order valence-electron chi connectivity index (χ1n) is 5.19. The number of hydrogen-bond donors (Lipinski definition) is 0. The fourth-order valence-corrected chi connectivity index (χ4v) is 1.31. The van der Waals surface area contributed by atoms with Gasteiger partial charge in [-0.05, 0) is 37.5 Å². The molecule has 0 aliphatic rings. The monoisotopic (exact) mass is 247 g/mol. The van der Waals surface area contributed by atoms with Crippen LogP contribution in [0.3, 0.4) is 0 Å². The Bertz CT molecular complexity index is 373. The number of benzene rings is 1. The highest BCUT2D eigenvalue weighted by atomic mass is 19.4. The highest BCUT2D eigenvalue weighted by molar-refractivity contribution is 5.44. The molecule has 1 radical (unpaired) electrons. The Kier molecular flexibility index (Phi) is 4.26. The molecule has 0 N–H and O–H groups in total. The van der Waals surface area contributed by atoms with Gasteiger partial charge in [-0.25, -0.2) is 0 Å². The van der Waals surface area contributed by atoms with Crippen LogP contribution in [0, 0.1) is 6.92 Å². The summed E-state index contributed by atoms with van der Waals surface area (Å²) in [5, 5.41) is 0. The minimum atomic E-state index is -4.72. The molecule has 2 nitrogen and oxygen atoms in total. The standard InChI is InChI=1S/C12H14F3O2/c1-4-16-11-7-9(8(2)3)5-6-10(11)17-12(13,14)15/h5-8H,2,4H2,1,3H3. The minimum Gasteiger partial charge on any atom is -0.490 e. The fourth-order valence-electron chi connectivity index (χ4n) is 1.31. The summed E-state index contributed by atoms with van der Waals surface area (Å²) in [5.41, 5.74) is 0.794. The first-order chi connectivity index (χ1) is 7.83. The summed E-state index contributed by atoms with van der Waals surface area (Å²) in [7, 11) is 0. The molecule has 1 unspecified atom stereocenters. The largest absolute Gasteiger partial charge is 0.573 e. The van der Waals surface area contributed by atoms with Gasteiger partial charge in [-0.15, -0.1) is 13.2 Å². The second-order valence-electron chi connectivity index (χ2n) is 3.59. The van der Waals surface area contributed by atoms with Crippen molar-refractivity contribution in [3.8, 4) is 11.5 Å². The van der Waals surface area contributed by atoms with E-state index in [0.29, 0.717) is 0 Å². The van der Waals surface area contributed by atoms with Crippen molar-refractivity contribution in [3.05, 3.63) is 30.7 Å². The molecule has 0 bridgehead atoms. The zero-order valence-electron chi connectivity index (χ0n) is 9.67. The summed E-state index contributed by atoms with van der Waals surface area (Å²) >= 11 is 0. The predicted molar refractivity (Wildman–Crippen MR) is 58.1 cm³/mol. The van der Waals surface area contributed by atoms with Gasteiger partial charge in [-0.3, -0.25) is 0 Å². The summed E-state index contributed by atoms with van der Waals surface area (Å²) in [4.78, 5) is 0. The van der Waals surface area contributed by atoms with Crippen LogP contribution in [0.2, 0.25) is 0 Å². The van der Waals surface area contributed by atoms with Crippen molar-refractivity contribution in [1.29, 1.82) is 0 Å². The Morgan fingerprint density at radius 1 is 1.29 bits per heavy atom. The number of halogens is 3. The summed E-state index contributed by atoms with van der Waals surface area (Å²) in [6, 6.07) is 4.30. The Morgan fingerprint density at radius 3 is 2.41 bits per heavy atom.